The van der Waals surface area contributed by atoms with E-state index in [-0.39, 0.29) is 29.7 Å². The second-order valence-electron chi connectivity index (χ2n) is 10.3. The molecule has 0 amide bonds. The predicted octanol–water partition coefficient (Wildman–Crippen LogP) is 5.93. The fourth-order valence-electron chi connectivity index (χ4n) is 4.79. The van der Waals surface area contributed by atoms with Gasteiger partial charge in [-0.3, -0.25) is 4.99 Å². The first-order valence-corrected chi connectivity index (χ1v) is 15.0. The average molecular weight is 540 g/mol. The Hall–Kier alpha value is -3.87. The molecule has 4 rings (SSSR count). The third kappa shape index (κ3) is 6.77. The summed E-state index contributed by atoms with van der Waals surface area (Å²) < 4.78 is 26.1. The first kappa shape index (κ1) is 28.1. The summed E-state index contributed by atoms with van der Waals surface area (Å²) in [5.41, 5.74) is 1.52. The van der Waals surface area contributed by atoms with Crippen molar-refractivity contribution in [2.24, 2.45) is 4.99 Å². The molecule has 0 saturated carbocycles. The highest BCUT2D eigenvalue weighted by molar-refractivity contribution is 6.99. The first-order chi connectivity index (χ1) is 18.8. The van der Waals surface area contributed by atoms with Gasteiger partial charge in [0.25, 0.3) is 8.32 Å². The zero-order chi connectivity index (χ0) is 27.7. The highest BCUT2D eigenvalue weighted by atomic mass is 28.4. The fraction of sp³-hybridized carbons (Fsp3) is 0.212. The standard InChI is InChI=1S/C33H34FNO3Si/c1-33(2,3)39(29-15-9-5-10-16-29,30-17-11-6-12-18-30)38-24-23-35-31(27-19-21-28(34)22-20-27)32(36)37-25-26-13-7-4-8-14-26/h4-22H,23-25H2,1-3H3. The van der Waals surface area contributed by atoms with Gasteiger partial charge in [-0.15, -0.1) is 0 Å². The molecule has 200 valence electrons. The van der Waals surface area contributed by atoms with E-state index in [0.717, 1.165) is 5.56 Å². The van der Waals surface area contributed by atoms with Gasteiger partial charge >= 0.3 is 5.97 Å². The topological polar surface area (TPSA) is 47.9 Å². The Balaban J connectivity index is 1.60. The van der Waals surface area contributed by atoms with E-state index in [1.165, 1.54) is 22.5 Å². The van der Waals surface area contributed by atoms with E-state index >= 15 is 0 Å². The Kier molecular flexibility index (Phi) is 9.22. The van der Waals surface area contributed by atoms with Gasteiger partial charge in [-0.2, -0.15) is 0 Å². The van der Waals surface area contributed by atoms with Gasteiger partial charge in [0.1, 0.15) is 12.4 Å². The molecule has 0 bridgehead atoms. The molecule has 0 atom stereocenters. The number of carbonyl (C=O) groups excluding carboxylic acids is 1. The van der Waals surface area contributed by atoms with Gasteiger partial charge in [-0.25, -0.2) is 9.18 Å². The van der Waals surface area contributed by atoms with E-state index in [0.29, 0.717) is 12.2 Å². The van der Waals surface area contributed by atoms with Crippen LogP contribution in [0.1, 0.15) is 31.9 Å². The number of benzene rings is 4. The maximum absolute atomic E-state index is 13.6. The van der Waals surface area contributed by atoms with Crippen LogP contribution in [0.3, 0.4) is 0 Å². The van der Waals surface area contributed by atoms with Crippen LogP contribution in [0.4, 0.5) is 4.39 Å². The van der Waals surface area contributed by atoms with Crippen molar-refractivity contribution in [3.8, 4) is 0 Å². The molecule has 0 N–H and O–H groups in total. The molecule has 4 nitrogen and oxygen atoms in total. The number of nitrogens with zero attached hydrogens (tertiary/aromatic N) is 1. The monoisotopic (exact) mass is 539 g/mol. The Morgan fingerprint density at radius 1 is 0.769 bits per heavy atom. The lowest BCUT2D eigenvalue weighted by Gasteiger charge is -2.43. The molecular weight excluding hydrogens is 505 g/mol. The lowest BCUT2D eigenvalue weighted by atomic mass is 10.1. The summed E-state index contributed by atoms with van der Waals surface area (Å²) >= 11 is 0. The van der Waals surface area contributed by atoms with Crippen molar-refractivity contribution in [3.63, 3.8) is 0 Å². The van der Waals surface area contributed by atoms with Gasteiger partial charge in [0.05, 0.1) is 13.2 Å². The molecule has 39 heavy (non-hydrogen) atoms. The number of ether oxygens (including phenoxy) is 1. The minimum atomic E-state index is -2.73. The minimum absolute atomic E-state index is 0.123. The number of hydrogen-bond donors (Lipinski definition) is 0. The van der Waals surface area contributed by atoms with E-state index in [1.807, 2.05) is 66.7 Å². The Labute approximate surface area is 231 Å². The van der Waals surface area contributed by atoms with Gasteiger partial charge < -0.3 is 9.16 Å². The number of esters is 1. The largest absolute Gasteiger partial charge is 0.456 e. The normalized spacial score (nSPS) is 12.3. The SMILES string of the molecule is CC(C)(C)[Si](OCCN=C(C(=O)OCc1ccccc1)c1ccc(F)cc1)(c1ccccc1)c1ccccc1. The number of carbonyl (C=O) groups is 1. The maximum Gasteiger partial charge on any atom is 0.357 e. The Morgan fingerprint density at radius 3 is 1.79 bits per heavy atom. The Morgan fingerprint density at radius 2 is 1.28 bits per heavy atom. The molecule has 0 spiro atoms. The van der Waals surface area contributed by atoms with Crippen LogP contribution in [0.2, 0.25) is 5.04 Å². The fourth-order valence-corrected chi connectivity index (χ4v) is 9.34. The van der Waals surface area contributed by atoms with Gasteiger partial charge in [0.15, 0.2) is 5.71 Å². The van der Waals surface area contributed by atoms with Crippen LogP contribution in [-0.2, 0) is 20.6 Å². The second kappa shape index (κ2) is 12.8. The summed E-state index contributed by atoms with van der Waals surface area (Å²) in [5, 5.41) is 2.18. The van der Waals surface area contributed by atoms with Gasteiger partial charge in [-0.05, 0) is 45.2 Å². The molecule has 0 heterocycles. The lowest BCUT2D eigenvalue weighted by molar-refractivity contribution is -0.136. The molecule has 0 aliphatic heterocycles. The molecule has 0 unspecified atom stereocenters. The van der Waals surface area contributed by atoms with Crippen molar-refractivity contribution >= 4 is 30.4 Å². The van der Waals surface area contributed by atoms with Crippen molar-refractivity contribution in [1.29, 1.82) is 0 Å². The van der Waals surface area contributed by atoms with E-state index in [4.69, 9.17) is 9.16 Å². The van der Waals surface area contributed by atoms with Gasteiger partial charge in [0, 0.05) is 5.56 Å². The summed E-state index contributed by atoms with van der Waals surface area (Å²) in [4.78, 5) is 17.7. The van der Waals surface area contributed by atoms with Crippen LogP contribution in [0, 0.1) is 5.82 Å². The molecule has 0 fully saturated rings. The number of hydrogen-bond acceptors (Lipinski definition) is 4. The van der Waals surface area contributed by atoms with E-state index in [1.54, 1.807) is 12.1 Å². The molecule has 0 radical (unpaired) electrons. The van der Waals surface area contributed by atoms with Crippen LogP contribution < -0.4 is 10.4 Å². The maximum atomic E-state index is 13.6. The van der Waals surface area contributed by atoms with Crippen molar-refractivity contribution in [2.75, 3.05) is 13.2 Å². The zero-order valence-corrected chi connectivity index (χ0v) is 23.6. The molecule has 6 heteroatoms. The third-order valence-corrected chi connectivity index (χ3v) is 11.7. The van der Waals surface area contributed by atoms with Crippen molar-refractivity contribution < 1.29 is 18.3 Å². The highest BCUT2D eigenvalue weighted by Crippen LogP contribution is 2.36. The summed E-state index contributed by atoms with van der Waals surface area (Å²) in [7, 11) is -2.73. The summed E-state index contributed by atoms with van der Waals surface area (Å²) in [6.45, 7) is 7.33. The van der Waals surface area contributed by atoms with Crippen LogP contribution in [0.25, 0.3) is 0 Å². The molecule has 4 aromatic carbocycles. The average Bonchev–Trinajstić information content (AvgIpc) is 2.95. The van der Waals surface area contributed by atoms with E-state index in [9.17, 15) is 9.18 Å². The van der Waals surface area contributed by atoms with Gasteiger partial charge in [0.2, 0.25) is 0 Å². The second-order valence-corrected chi connectivity index (χ2v) is 14.6. The molecule has 4 aromatic rings. The molecular formula is C33H34FNO3Si. The van der Waals surface area contributed by atoms with Crippen LogP contribution in [0.5, 0.6) is 0 Å². The highest BCUT2D eigenvalue weighted by Gasteiger charge is 2.50. The van der Waals surface area contributed by atoms with E-state index < -0.39 is 14.3 Å². The van der Waals surface area contributed by atoms with Crippen molar-refractivity contribution in [3.05, 3.63) is 132 Å². The molecule has 0 saturated heterocycles. The molecule has 0 aromatic heterocycles. The smallest absolute Gasteiger partial charge is 0.357 e. The quantitative estimate of drug-likeness (QED) is 0.109. The van der Waals surface area contributed by atoms with Crippen molar-refractivity contribution in [2.45, 2.75) is 32.4 Å². The van der Waals surface area contributed by atoms with E-state index in [2.05, 4.69) is 50.0 Å². The lowest BCUT2D eigenvalue weighted by Crippen LogP contribution is -2.66. The number of aliphatic imine (C=N–C) groups is 1. The zero-order valence-electron chi connectivity index (χ0n) is 22.6. The Bertz CT molecular complexity index is 1330. The van der Waals surface area contributed by atoms with Crippen LogP contribution in [0.15, 0.2) is 120 Å². The third-order valence-electron chi connectivity index (χ3n) is 6.62. The summed E-state index contributed by atoms with van der Waals surface area (Å²) in [6, 6.07) is 35.9. The van der Waals surface area contributed by atoms with Crippen molar-refractivity contribution in [1.82, 2.24) is 0 Å². The predicted molar refractivity (Wildman–Crippen MR) is 158 cm³/mol. The molecule has 0 aliphatic rings. The summed E-state index contributed by atoms with van der Waals surface area (Å²) in [6.07, 6.45) is 0. The summed E-state index contributed by atoms with van der Waals surface area (Å²) in [5.74, 6) is -0.943. The number of halogens is 1. The molecule has 0 aliphatic carbocycles. The van der Waals surface area contributed by atoms with Crippen LogP contribution >= 0.6 is 0 Å². The minimum Gasteiger partial charge on any atom is -0.456 e. The van der Waals surface area contributed by atoms with Crippen LogP contribution in [-0.4, -0.2) is 33.2 Å². The first-order valence-electron chi connectivity index (χ1n) is 13.1. The number of rotatable bonds is 10. The van der Waals surface area contributed by atoms with Gasteiger partial charge in [-0.1, -0.05) is 112 Å².